The van der Waals surface area contributed by atoms with Gasteiger partial charge in [0.15, 0.2) is 23.2 Å². The summed E-state index contributed by atoms with van der Waals surface area (Å²) in [5.74, 6) is 0.598. The van der Waals surface area contributed by atoms with Crippen molar-refractivity contribution in [2.45, 2.75) is 50.2 Å². The van der Waals surface area contributed by atoms with Gasteiger partial charge >= 0.3 is 0 Å². The number of anilines is 1. The second-order valence-electron chi connectivity index (χ2n) is 6.59. The van der Waals surface area contributed by atoms with Crippen molar-refractivity contribution < 1.29 is 20.1 Å². The molecular formula is C17H24N6O4S. The van der Waals surface area contributed by atoms with Crippen LogP contribution < -0.4 is 5.32 Å². The second-order valence-corrected chi connectivity index (χ2v) is 6.77. The molecular weight excluding hydrogens is 384 g/mol. The van der Waals surface area contributed by atoms with Gasteiger partial charge in [0.1, 0.15) is 24.6 Å². The Kier molecular flexibility index (Phi) is 7.37. The molecule has 10 nitrogen and oxygen atoms in total. The standard InChI is InChI=1S/C17H24N6O4S/c24-7-11-13(25)14(26)17(27-11)23-9-22-12-15(20-8-21-16(12)23)19-6-4-2-1-3-5-18-10-28/h8-9,11,13-14,17,24-26H,1-7H2,(H,19,20,21). The molecule has 3 rings (SSSR count). The number of imidazole rings is 1. The van der Waals surface area contributed by atoms with Crippen LogP contribution in [-0.4, -0.2) is 78.0 Å². The van der Waals surface area contributed by atoms with Gasteiger partial charge < -0.3 is 25.4 Å². The Labute approximate surface area is 167 Å². The number of aliphatic hydroxyl groups is 3. The molecule has 0 amide bonds. The van der Waals surface area contributed by atoms with Crippen LogP contribution >= 0.6 is 12.2 Å². The van der Waals surface area contributed by atoms with Gasteiger partial charge in [-0.15, -0.1) is 0 Å². The van der Waals surface area contributed by atoms with E-state index in [-0.39, 0.29) is 6.61 Å². The third kappa shape index (κ3) is 4.52. The van der Waals surface area contributed by atoms with E-state index in [1.165, 1.54) is 12.7 Å². The van der Waals surface area contributed by atoms with E-state index >= 15 is 0 Å². The lowest BCUT2D eigenvalue weighted by molar-refractivity contribution is -0.0511. The van der Waals surface area contributed by atoms with Crippen LogP contribution in [0.4, 0.5) is 5.82 Å². The van der Waals surface area contributed by atoms with Crippen LogP contribution in [0.2, 0.25) is 0 Å². The molecule has 4 atom stereocenters. The summed E-state index contributed by atoms with van der Waals surface area (Å²) in [5, 5.41) is 35.1. The van der Waals surface area contributed by atoms with Crippen molar-refractivity contribution in [3.63, 3.8) is 0 Å². The topological polar surface area (TPSA) is 138 Å². The Morgan fingerprint density at radius 3 is 2.75 bits per heavy atom. The van der Waals surface area contributed by atoms with Crippen LogP contribution in [0.5, 0.6) is 0 Å². The third-order valence-electron chi connectivity index (χ3n) is 4.70. The summed E-state index contributed by atoms with van der Waals surface area (Å²) in [6, 6.07) is 0. The molecule has 152 valence electrons. The summed E-state index contributed by atoms with van der Waals surface area (Å²) in [7, 11) is 0. The van der Waals surface area contributed by atoms with Gasteiger partial charge in [-0.25, -0.2) is 19.9 Å². The van der Waals surface area contributed by atoms with Crippen molar-refractivity contribution in [2.75, 3.05) is 25.0 Å². The Morgan fingerprint density at radius 2 is 2.00 bits per heavy atom. The fourth-order valence-electron chi connectivity index (χ4n) is 3.20. The fraction of sp³-hybridized carbons (Fsp3) is 0.647. The number of hydrogen-bond donors (Lipinski definition) is 4. The Balaban J connectivity index is 1.61. The minimum Gasteiger partial charge on any atom is -0.394 e. The lowest BCUT2D eigenvalue weighted by atomic mass is 10.1. The smallest absolute Gasteiger partial charge is 0.167 e. The first-order chi connectivity index (χ1) is 13.7. The Morgan fingerprint density at radius 1 is 1.18 bits per heavy atom. The van der Waals surface area contributed by atoms with E-state index in [0.29, 0.717) is 17.0 Å². The van der Waals surface area contributed by atoms with Gasteiger partial charge in [0, 0.05) is 13.1 Å². The SMILES string of the molecule is OCC1OC(n2cnc3c(NCCCCCCN=C=S)ncnc32)C(O)C1O. The highest BCUT2D eigenvalue weighted by Crippen LogP contribution is 2.32. The van der Waals surface area contributed by atoms with Crippen molar-refractivity contribution in [2.24, 2.45) is 4.99 Å². The molecule has 4 N–H and O–H groups in total. The molecule has 1 aliphatic heterocycles. The average molecular weight is 408 g/mol. The van der Waals surface area contributed by atoms with Crippen molar-refractivity contribution in [1.82, 2.24) is 19.5 Å². The fourth-order valence-corrected chi connectivity index (χ4v) is 3.29. The lowest BCUT2D eigenvalue weighted by Gasteiger charge is -2.16. The molecule has 0 saturated carbocycles. The summed E-state index contributed by atoms with van der Waals surface area (Å²) in [5.41, 5.74) is 1.03. The molecule has 1 fully saturated rings. The zero-order valence-corrected chi connectivity index (χ0v) is 16.1. The number of rotatable bonds is 10. The maximum Gasteiger partial charge on any atom is 0.167 e. The molecule has 0 bridgehead atoms. The number of ether oxygens (including phenoxy) is 1. The van der Waals surface area contributed by atoms with Crippen molar-refractivity contribution in [3.8, 4) is 0 Å². The van der Waals surface area contributed by atoms with E-state index in [1.54, 1.807) is 4.57 Å². The number of hydrogen-bond acceptors (Lipinski definition) is 10. The maximum absolute atomic E-state index is 10.2. The number of aliphatic imine (C=N–C) groups is 1. The molecule has 0 spiro atoms. The molecule has 0 aliphatic carbocycles. The van der Waals surface area contributed by atoms with Crippen LogP contribution in [0.3, 0.4) is 0 Å². The van der Waals surface area contributed by atoms with Crippen molar-refractivity contribution in [3.05, 3.63) is 12.7 Å². The molecule has 4 unspecified atom stereocenters. The van der Waals surface area contributed by atoms with Crippen LogP contribution in [-0.2, 0) is 4.74 Å². The molecule has 0 aromatic carbocycles. The molecule has 1 aliphatic rings. The molecule has 1 saturated heterocycles. The Hall–Kier alpha value is -2.01. The van der Waals surface area contributed by atoms with Crippen LogP contribution in [0.25, 0.3) is 11.2 Å². The monoisotopic (exact) mass is 408 g/mol. The number of aliphatic hydroxyl groups excluding tert-OH is 3. The quantitative estimate of drug-likeness (QED) is 0.252. The molecule has 0 radical (unpaired) electrons. The minimum absolute atomic E-state index is 0.388. The molecule has 3 heterocycles. The predicted octanol–water partition coefficient (Wildman–Crippen LogP) is 0.513. The number of unbranched alkanes of at least 4 members (excludes halogenated alkanes) is 3. The highest BCUT2D eigenvalue weighted by molar-refractivity contribution is 7.78. The van der Waals surface area contributed by atoms with Gasteiger partial charge in [0.2, 0.25) is 0 Å². The zero-order valence-electron chi connectivity index (χ0n) is 15.3. The number of fused-ring (bicyclic) bond motifs is 1. The first-order valence-electron chi connectivity index (χ1n) is 9.25. The number of nitrogens with one attached hydrogen (secondary N) is 1. The normalized spacial score (nSPS) is 24.4. The minimum atomic E-state index is -1.19. The number of thiocarbonyl (C=S) groups is 1. The van der Waals surface area contributed by atoms with Crippen molar-refractivity contribution in [1.29, 1.82) is 0 Å². The summed E-state index contributed by atoms with van der Waals surface area (Å²) in [4.78, 5) is 16.7. The summed E-state index contributed by atoms with van der Waals surface area (Å²) in [6.45, 7) is 1.08. The highest BCUT2D eigenvalue weighted by Gasteiger charge is 2.44. The molecule has 2 aromatic rings. The van der Waals surface area contributed by atoms with Crippen LogP contribution in [0.15, 0.2) is 17.6 Å². The van der Waals surface area contributed by atoms with E-state index in [9.17, 15) is 15.3 Å². The van der Waals surface area contributed by atoms with Gasteiger partial charge in [0.25, 0.3) is 0 Å². The third-order valence-corrected chi connectivity index (χ3v) is 4.83. The van der Waals surface area contributed by atoms with E-state index in [2.05, 4.69) is 42.6 Å². The highest BCUT2D eigenvalue weighted by atomic mass is 32.1. The van der Waals surface area contributed by atoms with E-state index in [0.717, 1.165) is 38.8 Å². The van der Waals surface area contributed by atoms with E-state index in [1.807, 2.05) is 0 Å². The zero-order chi connectivity index (χ0) is 19.9. The summed E-state index contributed by atoms with van der Waals surface area (Å²) >= 11 is 4.53. The molecule has 28 heavy (non-hydrogen) atoms. The van der Waals surface area contributed by atoms with Gasteiger partial charge in [-0.3, -0.25) is 4.57 Å². The summed E-state index contributed by atoms with van der Waals surface area (Å²) in [6.07, 6.45) is 2.89. The molecule has 2 aromatic heterocycles. The van der Waals surface area contributed by atoms with Gasteiger partial charge in [-0.2, -0.15) is 0 Å². The van der Waals surface area contributed by atoms with Crippen molar-refractivity contribution >= 4 is 34.4 Å². The van der Waals surface area contributed by atoms with E-state index < -0.39 is 24.5 Å². The first kappa shape index (κ1) is 20.7. The van der Waals surface area contributed by atoms with Crippen LogP contribution in [0.1, 0.15) is 31.9 Å². The number of nitrogens with zero attached hydrogens (tertiary/aromatic N) is 5. The van der Waals surface area contributed by atoms with Crippen LogP contribution in [0, 0.1) is 0 Å². The van der Waals surface area contributed by atoms with Gasteiger partial charge in [0.05, 0.1) is 18.1 Å². The predicted molar refractivity (Wildman–Crippen MR) is 105 cm³/mol. The van der Waals surface area contributed by atoms with E-state index in [4.69, 9.17) is 4.74 Å². The largest absolute Gasteiger partial charge is 0.394 e. The van der Waals surface area contributed by atoms with Gasteiger partial charge in [-0.05, 0) is 25.1 Å². The summed E-state index contributed by atoms with van der Waals surface area (Å²) < 4.78 is 7.10. The second kappa shape index (κ2) is 9.97. The van der Waals surface area contributed by atoms with Gasteiger partial charge in [-0.1, -0.05) is 12.8 Å². The maximum atomic E-state index is 10.2. The lowest BCUT2D eigenvalue weighted by Crippen LogP contribution is -2.33. The number of aromatic nitrogens is 4. The number of isothiocyanates is 1. The average Bonchev–Trinajstić information content (AvgIpc) is 3.26. The first-order valence-corrected chi connectivity index (χ1v) is 9.65. The Bertz CT molecular complexity index is 827. The molecule has 11 heteroatoms.